The highest BCUT2D eigenvalue weighted by atomic mass is 35.5. The molecule has 3 N–H and O–H groups in total. The Bertz CT molecular complexity index is 1300. The summed E-state index contributed by atoms with van der Waals surface area (Å²) in [5, 5.41) is 2.72. The van der Waals surface area contributed by atoms with Crippen molar-refractivity contribution in [1.82, 2.24) is 25.3 Å². The van der Waals surface area contributed by atoms with Crippen LogP contribution >= 0.6 is 22.9 Å². The maximum absolute atomic E-state index is 13.1. The van der Waals surface area contributed by atoms with Crippen LogP contribution in [0.4, 0.5) is 19.0 Å². The Morgan fingerprint density at radius 3 is 2.62 bits per heavy atom. The van der Waals surface area contributed by atoms with Gasteiger partial charge in [0, 0.05) is 43.3 Å². The summed E-state index contributed by atoms with van der Waals surface area (Å²) in [6.45, 7) is 3.19. The maximum Gasteiger partial charge on any atom is 0.417 e. The van der Waals surface area contributed by atoms with E-state index >= 15 is 0 Å². The number of pyridine rings is 1. The highest BCUT2D eigenvalue weighted by molar-refractivity contribution is 7.13. The maximum atomic E-state index is 13.1. The van der Waals surface area contributed by atoms with Crippen molar-refractivity contribution < 1.29 is 22.8 Å². The molecular formula is C23H23ClF3N7O2S. The number of anilines is 1. The third kappa shape index (κ3) is 6.59. The van der Waals surface area contributed by atoms with Crippen molar-refractivity contribution in [1.29, 1.82) is 0 Å². The predicted octanol–water partition coefficient (Wildman–Crippen LogP) is 3.84. The average molecular weight is 554 g/mol. The third-order valence-corrected chi connectivity index (χ3v) is 7.35. The lowest BCUT2D eigenvalue weighted by Crippen LogP contribution is -2.40. The number of alkyl halides is 3. The van der Waals surface area contributed by atoms with Crippen molar-refractivity contribution in [2.75, 3.05) is 18.0 Å². The Morgan fingerprint density at radius 2 is 1.92 bits per heavy atom. The Hall–Kier alpha value is -3.16. The summed E-state index contributed by atoms with van der Waals surface area (Å²) in [7, 11) is 0. The van der Waals surface area contributed by atoms with Crippen LogP contribution in [0, 0.1) is 0 Å². The number of ketones is 1. The Kier molecular flexibility index (Phi) is 8.05. The zero-order valence-corrected chi connectivity index (χ0v) is 21.2. The summed E-state index contributed by atoms with van der Waals surface area (Å²) in [6.07, 6.45) is 0.203. The second-order valence-corrected chi connectivity index (χ2v) is 10.1. The first kappa shape index (κ1) is 26.9. The van der Waals surface area contributed by atoms with Crippen molar-refractivity contribution in [3.8, 4) is 0 Å². The van der Waals surface area contributed by atoms with Crippen LogP contribution in [0.15, 0.2) is 30.9 Å². The summed E-state index contributed by atoms with van der Waals surface area (Å²) < 4.78 is 39.3. The molecular weight excluding hydrogens is 531 g/mol. The summed E-state index contributed by atoms with van der Waals surface area (Å²) >= 11 is 6.63. The highest BCUT2D eigenvalue weighted by Crippen LogP contribution is 2.34. The number of piperidine rings is 1. The minimum Gasteiger partial charge on any atom is -0.356 e. The first-order chi connectivity index (χ1) is 17.5. The monoisotopic (exact) mass is 553 g/mol. The molecule has 0 aromatic carbocycles. The molecule has 3 aromatic heterocycles. The molecule has 4 heterocycles. The predicted molar refractivity (Wildman–Crippen MR) is 132 cm³/mol. The van der Waals surface area contributed by atoms with Crippen molar-refractivity contribution in [2.45, 2.75) is 44.4 Å². The van der Waals surface area contributed by atoms with Crippen LogP contribution in [0.3, 0.4) is 0 Å². The average Bonchev–Trinajstić information content (AvgIpc) is 3.36. The van der Waals surface area contributed by atoms with E-state index in [-0.39, 0.29) is 28.7 Å². The molecule has 0 radical (unpaired) electrons. The second-order valence-electron chi connectivity index (χ2n) is 8.60. The van der Waals surface area contributed by atoms with Crippen molar-refractivity contribution in [3.05, 3.63) is 62.7 Å². The molecule has 0 bridgehead atoms. The SMILES string of the molecule is CC(NC(=O)c1cc(N2CCC(N)CC2)ncn1)c1ncc(C(=O)Cc2cc(C(F)(F)F)c(Cl)cn2)s1. The molecule has 14 heteroatoms. The molecule has 1 unspecified atom stereocenters. The van der Waals surface area contributed by atoms with Crippen LogP contribution in [-0.4, -0.2) is 50.8 Å². The number of thiazole rings is 1. The van der Waals surface area contributed by atoms with E-state index in [0.717, 1.165) is 49.5 Å². The van der Waals surface area contributed by atoms with E-state index in [1.165, 1.54) is 12.5 Å². The van der Waals surface area contributed by atoms with E-state index in [2.05, 4.69) is 30.2 Å². The molecule has 196 valence electrons. The molecule has 1 aliphatic heterocycles. The lowest BCUT2D eigenvalue weighted by atomic mass is 10.1. The number of hydrogen-bond acceptors (Lipinski definition) is 9. The molecule has 0 saturated carbocycles. The minimum absolute atomic E-state index is 0.0618. The zero-order chi connectivity index (χ0) is 26.7. The molecule has 0 spiro atoms. The number of Topliss-reactive ketones (excluding diaryl/α,β-unsaturated/α-hetero) is 1. The van der Waals surface area contributed by atoms with Gasteiger partial charge in [0.1, 0.15) is 22.8 Å². The quantitative estimate of drug-likeness (QED) is 0.422. The number of carbonyl (C=O) groups excluding carboxylic acids is 2. The van der Waals surface area contributed by atoms with Gasteiger partial charge in [-0.2, -0.15) is 13.2 Å². The number of halogens is 4. The molecule has 1 saturated heterocycles. The molecule has 1 atom stereocenters. The van der Waals surface area contributed by atoms with Gasteiger partial charge in [0.05, 0.1) is 27.9 Å². The topological polar surface area (TPSA) is 127 Å². The normalized spacial score (nSPS) is 15.5. The van der Waals surface area contributed by atoms with E-state index in [9.17, 15) is 22.8 Å². The van der Waals surface area contributed by atoms with Gasteiger partial charge >= 0.3 is 6.18 Å². The number of amides is 1. The van der Waals surface area contributed by atoms with E-state index in [1.807, 2.05) is 0 Å². The van der Waals surface area contributed by atoms with Gasteiger partial charge in [0.25, 0.3) is 5.91 Å². The number of carbonyl (C=O) groups is 2. The molecule has 37 heavy (non-hydrogen) atoms. The van der Waals surface area contributed by atoms with Crippen LogP contribution in [0.25, 0.3) is 0 Å². The summed E-state index contributed by atoms with van der Waals surface area (Å²) in [6, 6.07) is 2.00. The van der Waals surface area contributed by atoms with Crippen molar-refractivity contribution in [2.24, 2.45) is 5.73 Å². The Balaban J connectivity index is 1.39. The number of hydrogen-bond donors (Lipinski definition) is 2. The minimum atomic E-state index is -4.66. The summed E-state index contributed by atoms with van der Waals surface area (Å²) in [5.74, 6) is -0.240. The van der Waals surface area contributed by atoms with Crippen LogP contribution in [0.5, 0.6) is 0 Å². The van der Waals surface area contributed by atoms with Gasteiger partial charge in [-0.25, -0.2) is 15.0 Å². The Morgan fingerprint density at radius 1 is 1.19 bits per heavy atom. The highest BCUT2D eigenvalue weighted by Gasteiger charge is 2.34. The van der Waals surface area contributed by atoms with E-state index in [1.54, 1.807) is 13.0 Å². The van der Waals surface area contributed by atoms with Gasteiger partial charge in [0.2, 0.25) is 0 Å². The van der Waals surface area contributed by atoms with Crippen LogP contribution in [0.2, 0.25) is 5.02 Å². The van der Waals surface area contributed by atoms with E-state index in [4.69, 9.17) is 17.3 Å². The number of nitrogens with zero attached hydrogens (tertiary/aromatic N) is 5. The smallest absolute Gasteiger partial charge is 0.356 e. The van der Waals surface area contributed by atoms with Gasteiger partial charge in [-0.3, -0.25) is 14.6 Å². The Labute approximate surface area is 219 Å². The lowest BCUT2D eigenvalue weighted by Gasteiger charge is -2.31. The van der Waals surface area contributed by atoms with Gasteiger partial charge in [0.15, 0.2) is 5.78 Å². The second kappa shape index (κ2) is 11.1. The number of rotatable bonds is 7. The fourth-order valence-electron chi connectivity index (χ4n) is 3.77. The van der Waals surface area contributed by atoms with E-state index in [0.29, 0.717) is 10.8 Å². The molecule has 3 aromatic rings. The zero-order valence-electron chi connectivity index (χ0n) is 19.6. The van der Waals surface area contributed by atoms with Crippen molar-refractivity contribution >= 4 is 40.4 Å². The molecule has 1 fully saturated rings. The molecule has 0 aliphatic carbocycles. The first-order valence-corrected chi connectivity index (χ1v) is 12.5. The van der Waals surface area contributed by atoms with Gasteiger partial charge < -0.3 is 16.0 Å². The summed E-state index contributed by atoms with van der Waals surface area (Å²) in [4.78, 5) is 44.1. The van der Waals surface area contributed by atoms with Gasteiger partial charge in [-0.15, -0.1) is 11.3 Å². The number of aromatic nitrogens is 4. The molecule has 9 nitrogen and oxygen atoms in total. The molecule has 4 rings (SSSR count). The van der Waals surface area contributed by atoms with Crippen LogP contribution < -0.4 is 16.0 Å². The van der Waals surface area contributed by atoms with Crippen LogP contribution in [0.1, 0.15) is 62.2 Å². The van der Waals surface area contributed by atoms with Crippen LogP contribution in [-0.2, 0) is 12.6 Å². The lowest BCUT2D eigenvalue weighted by molar-refractivity contribution is -0.137. The van der Waals surface area contributed by atoms with Gasteiger partial charge in [-0.1, -0.05) is 11.6 Å². The largest absolute Gasteiger partial charge is 0.417 e. The fourth-order valence-corrected chi connectivity index (χ4v) is 4.84. The fraction of sp³-hybridized carbons (Fsp3) is 0.391. The van der Waals surface area contributed by atoms with Gasteiger partial charge in [-0.05, 0) is 25.8 Å². The molecule has 1 amide bonds. The third-order valence-electron chi connectivity index (χ3n) is 5.82. The molecule has 1 aliphatic rings. The van der Waals surface area contributed by atoms with Crippen molar-refractivity contribution in [3.63, 3.8) is 0 Å². The standard InChI is InChI=1S/C23H23ClF3N7O2S/c1-12(33-21(36)17-8-20(32-11-31-17)34-4-2-13(28)3-5-34)22-30-10-19(37-22)18(35)7-14-6-15(23(25,26)27)16(24)9-29-14/h6,8-13H,2-5,7,28H2,1H3,(H,33,36). The number of nitrogens with one attached hydrogen (secondary N) is 1. The number of nitrogens with two attached hydrogens (primary N) is 1. The first-order valence-electron chi connectivity index (χ1n) is 11.3. The summed E-state index contributed by atoms with van der Waals surface area (Å²) in [5.41, 5.74) is 5.03. The van der Waals surface area contributed by atoms with E-state index < -0.39 is 34.5 Å².